The highest BCUT2D eigenvalue weighted by Gasteiger charge is 2.39. The topological polar surface area (TPSA) is 32.3 Å². The molecule has 0 radical (unpaired) electrons. The average molecular weight is 222 g/mol. The molecule has 0 spiro atoms. The third kappa shape index (κ3) is 1.86. The van der Waals surface area contributed by atoms with Gasteiger partial charge in [0, 0.05) is 19.0 Å². The Morgan fingerprint density at radius 2 is 1.62 bits per heavy atom. The maximum atomic E-state index is 12.3. The molecule has 0 aromatic carbocycles. The van der Waals surface area contributed by atoms with Crippen LogP contribution in [0.3, 0.4) is 0 Å². The van der Waals surface area contributed by atoms with Gasteiger partial charge < -0.3 is 10.2 Å². The Hall–Kier alpha value is -0.570. The quantitative estimate of drug-likeness (QED) is 0.724. The molecular weight excluding hydrogens is 200 g/mol. The van der Waals surface area contributed by atoms with Crippen LogP contribution in [0.25, 0.3) is 0 Å². The summed E-state index contributed by atoms with van der Waals surface area (Å²) in [6.07, 6.45) is 6.21. The minimum absolute atomic E-state index is 0.320. The molecule has 2 aliphatic heterocycles. The fraction of sp³-hybridized carbons (Fsp3) is 0.923. The zero-order valence-electron chi connectivity index (χ0n) is 9.95. The van der Waals surface area contributed by atoms with Crippen LogP contribution >= 0.6 is 0 Å². The van der Waals surface area contributed by atoms with Crippen molar-refractivity contribution < 1.29 is 4.79 Å². The fourth-order valence-corrected chi connectivity index (χ4v) is 3.74. The minimum atomic E-state index is 0.320. The Bertz CT molecular complexity index is 261. The first kappa shape index (κ1) is 10.6. The predicted octanol–water partition coefficient (Wildman–Crippen LogP) is 1.24. The largest absolute Gasteiger partial charge is 0.342 e. The van der Waals surface area contributed by atoms with Crippen LogP contribution in [0.4, 0.5) is 0 Å². The Morgan fingerprint density at radius 3 is 2.25 bits per heavy atom. The fourth-order valence-electron chi connectivity index (χ4n) is 3.74. The number of carbonyl (C=O) groups is 1. The summed E-state index contributed by atoms with van der Waals surface area (Å²) < 4.78 is 0. The maximum Gasteiger partial charge on any atom is 0.225 e. The molecule has 2 atom stereocenters. The number of hydrogen-bond donors (Lipinski definition) is 1. The molecule has 16 heavy (non-hydrogen) atoms. The summed E-state index contributed by atoms with van der Waals surface area (Å²) >= 11 is 0. The van der Waals surface area contributed by atoms with E-state index in [2.05, 4.69) is 10.2 Å². The standard InChI is InChI=1S/C13H22N2O/c16-13(10-4-6-14-7-5-10)15-8-11-2-1-3-12(11)9-15/h10-12,14H,1-9H2. The first-order valence-electron chi connectivity index (χ1n) is 6.84. The first-order chi connectivity index (χ1) is 7.84. The first-order valence-corrected chi connectivity index (χ1v) is 6.84. The van der Waals surface area contributed by atoms with Crippen molar-refractivity contribution in [2.24, 2.45) is 17.8 Å². The van der Waals surface area contributed by atoms with Crippen molar-refractivity contribution in [2.75, 3.05) is 26.2 Å². The zero-order valence-corrected chi connectivity index (χ0v) is 9.95. The Balaban J connectivity index is 1.59. The monoisotopic (exact) mass is 222 g/mol. The van der Waals surface area contributed by atoms with E-state index in [0.29, 0.717) is 11.8 Å². The van der Waals surface area contributed by atoms with Gasteiger partial charge in [0.25, 0.3) is 0 Å². The van der Waals surface area contributed by atoms with Crippen LogP contribution in [0.1, 0.15) is 32.1 Å². The molecule has 3 heteroatoms. The van der Waals surface area contributed by atoms with Crippen molar-refractivity contribution in [2.45, 2.75) is 32.1 Å². The highest BCUT2D eigenvalue weighted by Crippen LogP contribution is 2.38. The average Bonchev–Trinajstić information content (AvgIpc) is 2.89. The molecule has 0 aromatic rings. The SMILES string of the molecule is O=C(C1CCNCC1)N1CC2CCCC2C1. The van der Waals surface area contributed by atoms with Crippen LogP contribution in [-0.4, -0.2) is 37.0 Å². The van der Waals surface area contributed by atoms with Gasteiger partial charge in [0.2, 0.25) is 5.91 Å². The third-order valence-corrected chi connectivity index (χ3v) is 4.73. The van der Waals surface area contributed by atoms with Crippen LogP contribution in [0.5, 0.6) is 0 Å². The Labute approximate surface area is 97.6 Å². The van der Waals surface area contributed by atoms with Gasteiger partial charge in [0.1, 0.15) is 0 Å². The second-order valence-electron chi connectivity index (χ2n) is 5.72. The van der Waals surface area contributed by atoms with Crippen LogP contribution in [0, 0.1) is 17.8 Å². The van der Waals surface area contributed by atoms with Crippen molar-refractivity contribution in [3.63, 3.8) is 0 Å². The lowest BCUT2D eigenvalue weighted by atomic mass is 9.96. The molecule has 1 aliphatic carbocycles. The molecule has 90 valence electrons. The Kier molecular flexibility index (Phi) is 2.88. The van der Waals surface area contributed by atoms with Crippen molar-refractivity contribution in [1.82, 2.24) is 10.2 Å². The molecule has 3 aliphatic rings. The summed E-state index contributed by atoms with van der Waals surface area (Å²) in [4.78, 5) is 14.5. The highest BCUT2D eigenvalue weighted by atomic mass is 16.2. The summed E-state index contributed by atoms with van der Waals surface area (Å²) in [6, 6.07) is 0. The number of carbonyl (C=O) groups excluding carboxylic acids is 1. The van der Waals surface area contributed by atoms with E-state index in [-0.39, 0.29) is 0 Å². The highest BCUT2D eigenvalue weighted by molar-refractivity contribution is 5.79. The zero-order chi connectivity index (χ0) is 11.0. The van der Waals surface area contributed by atoms with E-state index in [4.69, 9.17) is 0 Å². The third-order valence-electron chi connectivity index (χ3n) is 4.73. The molecule has 1 amide bonds. The van der Waals surface area contributed by atoms with Crippen LogP contribution < -0.4 is 5.32 Å². The van der Waals surface area contributed by atoms with Gasteiger partial charge in [-0.3, -0.25) is 4.79 Å². The van der Waals surface area contributed by atoms with Gasteiger partial charge in [0.05, 0.1) is 0 Å². The van der Waals surface area contributed by atoms with Crippen molar-refractivity contribution in [3.05, 3.63) is 0 Å². The van der Waals surface area contributed by atoms with E-state index in [9.17, 15) is 4.79 Å². The van der Waals surface area contributed by atoms with Gasteiger partial charge in [-0.1, -0.05) is 6.42 Å². The normalized spacial score (nSPS) is 35.4. The summed E-state index contributed by atoms with van der Waals surface area (Å²) in [5, 5.41) is 3.33. The van der Waals surface area contributed by atoms with E-state index in [1.165, 1.54) is 19.3 Å². The second kappa shape index (κ2) is 4.36. The van der Waals surface area contributed by atoms with Gasteiger partial charge >= 0.3 is 0 Å². The number of nitrogens with one attached hydrogen (secondary N) is 1. The molecule has 3 nitrogen and oxygen atoms in total. The van der Waals surface area contributed by atoms with E-state index in [1.807, 2.05) is 0 Å². The second-order valence-corrected chi connectivity index (χ2v) is 5.72. The molecule has 0 bridgehead atoms. The lowest BCUT2D eigenvalue weighted by molar-refractivity contribution is -0.135. The van der Waals surface area contributed by atoms with Crippen molar-refractivity contribution in [3.8, 4) is 0 Å². The number of likely N-dealkylation sites (tertiary alicyclic amines) is 1. The molecule has 2 saturated heterocycles. The number of nitrogens with zero attached hydrogens (tertiary/aromatic N) is 1. The smallest absolute Gasteiger partial charge is 0.225 e. The number of amides is 1. The van der Waals surface area contributed by atoms with Crippen LogP contribution in [-0.2, 0) is 4.79 Å². The van der Waals surface area contributed by atoms with Gasteiger partial charge in [0.15, 0.2) is 0 Å². The van der Waals surface area contributed by atoms with E-state index >= 15 is 0 Å². The van der Waals surface area contributed by atoms with Gasteiger partial charge in [-0.2, -0.15) is 0 Å². The molecule has 2 heterocycles. The predicted molar refractivity (Wildman–Crippen MR) is 63.0 cm³/mol. The molecule has 2 unspecified atom stereocenters. The summed E-state index contributed by atoms with van der Waals surface area (Å²) in [7, 11) is 0. The molecule has 1 saturated carbocycles. The summed E-state index contributed by atoms with van der Waals surface area (Å²) in [5.74, 6) is 2.45. The number of hydrogen-bond acceptors (Lipinski definition) is 2. The van der Waals surface area contributed by atoms with E-state index in [1.54, 1.807) is 0 Å². The number of rotatable bonds is 1. The van der Waals surface area contributed by atoms with Crippen molar-refractivity contribution in [1.29, 1.82) is 0 Å². The number of piperidine rings is 1. The molecule has 3 fully saturated rings. The molecule has 3 rings (SSSR count). The van der Waals surface area contributed by atoms with Gasteiger partial charge in [-0.15, -0.1) is 0 Å². The maximum absolute atomic E-state index is 12.3. The minimum Gasteiger partial charge on any atom is -0.342 e. The summed E-state index contributed by atoms with van der Waals surface area (Å²) in [6.45, 7) is 4.18. The van der Waals surface area contributed by atoms with E-state index in [0.717, 1.165) is 50.9 Å². The van der Waals surface area contributed by atoms with Crippen molar-refractivity contribution >= 4 is 5.91 Å². The molecule has 1 N–H and O–H groups in total. The summed E-state index contributed by atoms with van der Waals surface area (Å²) in [5.41, 5.74) is 0. The lowest BCUT2D eigenvalue weighted by Gasteiger charge is -2.27. The molecule has 0 aromatic heterocycles. The van der Waals surface area contributed by atoms with E-state index < -0.39 is 0 Å². The van der Waals surface area contributed by atoms with Crippen LogP contribution in [0.2, 0.25) is 0 Å². The van der Waals surface area contributed by atoms with Gasteiger partial charge in [-0.05, 0) is 50.6 Å². The number of fused-ring (bicyclic) bond motifs is 1. The van der Waals surface area contributed by atoms with Crippen LogP contribution in [0.15, 0.2) is 0 Å². The molecular formula is C13H22N2O. The Morgan fingerprint density at radius 1 is 1.00 bits per heavy atom. The van der Waals surface area contributed by atoms with Gasteiger partial charge in [-0.25, -0.2) is 0 Å². The lowest BCUT2D eigenvalue weighted by Crippen LogP contribution is -2.40.